The fraction of sp³-hybridized carbons (Fsp3) is 0.833. The zero-order valence-corrected chi connectivity index (χ0v) is 12.0. The van der Waals surface area contributed by atoms with Gasteiger partial charge in [-0.3, -0.25) is 10.2 Å². The summed E-state index contributed by atoms with van der Waals surface area (Å²) in [4.78, 5) is 22.8. The lowest BCUT2D eigenvalue weighted by molar-refractivity contribution is -0.149. The van der Waals surface area contributed by atoms with Crippen LogP contribution in [0.5, 0.6) is 0 Å². The number of carboxylic acids is 1. The van der Waals surface area contributed by atoms with Gasteiger partial charge in [0.25, 0.3) is 0 Å². The third-order valence-corrected chi connectivity index (χ3v) is 3.40. The summed E-state index contributed by atoms with van der Waals surface area (Å²) in [5, 5.41) is 10.2. The second-order valence-corrected chi connectivity index (χ2v) is 5.32. The number of nitrogens with zero attached hydrogens (tertiary/aromatic N) is 2. The molecule has 1 saturated heterocycles. The van der Waals surface area contributed by atoms with Crippen LogP contribution in [0, 0.1) is 0 Å². The Morgan fingerprint density at radius 3 is 2.24 bits per heavy atom. The van der Waals surface area contributed by atoms with Gasteiger partial charge in [-0.15, -0.1) is 0 Å². The summed E-state index contributed by atoms with van der Waals surface area (Å²) in [7, 11) is 0. The first-order valence-corrected chi connectivity index (χ1v) is 6.72. The lowest BCUT2D eigenvalue weighted by Gasteiger charge is -2.39. The molecule has 0 saturated carbocycles. The van der Waals surface area contributed by atoms with Gasteiger partial charge in [0.15, 0.2) is 0 Å². The molecular formula is C12H20F3N3O3. The summed E-state index contributed by atoms with van der Waals surface area (Å²) in [6.07, 6.45) is -2.02. The van der Waals surface area contributed by atoms with Crippen molar-refractivity contribution in [2.75, 3.05) is 13.1 Å². The fourth-order valence-electron chi connectivity index (χ4n) is 2.40. The minimum atomic E-state index is -4.65. The zero-order valence-electron chi connectivity index (χ0n) is 12.0. The fourth-order valence-corrected chi connectivity index (χ4v) is 2.40. The lowest BCUT2D eigenvalue weighted by atomic mass is 10.00. The highest BCUT2D eigenvalue weighted by Crippen LogP contribution is 2.21. The van der Waals surface area contributed by atoms with Gasteiger partial charge in [-0.25, -0.2) is 9.80 Å². The monoisotopic (exact) mass is 311 g/mol. The Labute approximate surface area is 120 Å². The van der Waals surface area contributed by atoms with Gasteiger partial charge in [-0.2, -0.15) is 13.2 Å². The third kappa shape index (κ3) is 5.78. The summed E-state index contributed by atoms with van der Waals surface area (Å²) in [5.74, 6) is -1.49. The molecule has 0 aromatic rings. The number of hydrazine groups is 1. The molecule has 0 radical (unpaired) electrons. The van der Waals surface area contributed by atoms with E-state index in [1.165, 1.54) is 0 Å². The van der Waals surface area contributed by atoms with E-state index in [9.17, 15) is 22.8 Å². The molecular weight excluding hydrogens is 291 g/mol. The first-order chi connectivity index (χ1) is 9.60. The molecule has 2 atom stereocenters. The number of carboxylic acid groups (broad SMARTS) is 1. The zero-order chi connectivity index (χ0) is 16.2. The van der Waals surface area contributed by atoms with Crippen molar-refractivity contribution in [1.82, 2.24) is 15.3 Å². The summed E-state index contributed by atoms with van der Waals surface area (Å²) in [5.41, 5.74) is 2.40. The highest BCUT2D eigenvalue weighted by molar-refractivity contribution is 5.79. The molecule has 2 amide bonds. The van der Waals surface area contributed by atoms with Gasteiger partial charge < -0.3 is 10.0 Å². The van der Waals surface area contributed by atoms with Crippen LogP contribution in [0.1, 0.15) is 33.1 Å². The predicted octanol–water partition coefficient (Wildman–Crippen LogP) is 1.82. The summed E-state index contributed by atoms with van der Waals surface area (Å²) in [6, 6.07) is -1.05. The van der Waals surface area contributed by atoms with Crippen molar-refractivity contribution < 1.29 is 27.9 Å². The molecule has 1 fully saturated rings. The number of rotatable bonds is 4. The topological polar surface area (TPSA) is 72.9 Å². The normalized spacial score (nSPS) is 23.7. The van der Waals surface area contributed by atoms with Crippen LogP contribution >= 0.6 is 0 Å². The minimum Gasteiger partial charge on any atom is -0.480 e. The maximum absolute atomic E-state index is 12.4. The SMILES string of the molecule is CC1CCCC(C)N1NC(=O)N(CC(=O)O)CC(F)(F)F. The minimum absolute atomic E-state index is 0.00438. The van der Waals surface area contributed by atoms with Crippen LogP contribution in [-0.4, -0.2) is 58.4 Å². The Morgan fingerprint density at radius 1 is 1.29 bits per heavy atom. The molecule has 2 N–H and O–H groups in total. The molecule has 0 spiro atoms. The molecule has 1 heterocycles. The molecule has 0 bridgehead atoms. The van der Waals surface area contributed by atoms with E-state index in [4.69, 9.17) is 5.11 Å². The molecule has 0 aromatic heterocycles. The maximum Gasteiger partial charge on any atom is 0.406 e. The van der Waals surface area contributed by atoms with E-state index in [1.807, 2.05) is 13.8 Å². The molecule has 21 heavy (non-hydrogen) atoms. The van der Waals surface area contributed by atoms with Crippen molar-refractivity contribution in [1.29, 1.82) is 0 Å². The highest BCUT2D eigenvalue weighted by Gasteiger charge is 2.35. The first kappa shape index (κ1) is 17.5. The second kappa shape index (κ2) is 6.97. The summed E-state index contributed by atoms with van der Waals surface area (Å²) in [6.45, 7) is 1.13. The van der Waals surface area contributed by atoms with Gasteiger partial charge in [0.1, 0.15) is 13.1 Å². The molecule has 0 aromatic carbocycles. The van der Waals surface area contributed by atoms with Crippen LogP contribution in [0.2, 0.25) is 0 Å². The van der Waals surface area contributed by atoms with Crippen LogP contribution in [0.4, 0.5) is 18.0 Å². The van der Waals surface area contributed by atoms with Crippen molar-refractivity contribution in [3.63, 3.8) is 0 Å². The number of piperidine rings is 1. The number of carbonyl (C=O) groups excluding carboxylic acids is 1. The number of nitrogens with one attached hydrogen (secondary N) is 1. The predicted molar refractivity (Wildman–Crippen MR) is 68.4 cm³/mol. The van der Waals surface area contributed by atoms with Crippen molar-refractivity contribution in [2.45, 2.75) is 51.4 Å². The highest BCUT2D eigenvalue weighted by atomic mass is 19.4. The number of urea groups is 1. The molecule has 1 rings (SSSR count). The maximum atomic E-state index is 12.4. The number of carbonyl (C=O) groups is 2. The molecule has 9 heteroatoms. The average molecular weight is 311 g/mol. The van der Waals surface area contributed by atoms with Crippen LogP contribution in [-0.2, 0) is 4.79 Å². The van der Waals surface area contributed by atoms with E-state index in [-0.39, 0.29) is 17.0 Å². The Kier molecular flexibility index (Phi) is 5.82. The van der Waals surface area contributed by atoms with Gasteiger partial charge in [-0.05, 0) is 26.7 Å². The Morgan fingerprint density at radius 2 is 1.81 bits per heavy atom. The third-order valence-electron chi connectivity index (χ3n) is 3.40. The Balaban J connectivity index is 2.72. The number of alkyl halides is 3. The van der Waals surface area contributed by atoms with Gasteiger partial charge in [0, 0.05) is 12.1 Å². The van der Waals surface area contributed by atoms with E-state index < -0.39 is 31.3 Å². The van der Waals surface area contributed by atoms with Gasteiger partial charge in [-0.1, -0.05) is 6.42 Å². The van der Waals surface area contributed by atoms with Crippen LogP contribution in [0.15, 0.2) is 0 Å². The first-order valence-electron chi connectivity index (χ1n) is 6.72. The second-order valence-electron chi connectivity index (χ2n) is 5.32. The number of halogens is 3. The number of hydrogen-bond acceptors (Lipinski definition) is 3. The Hall–Kier alpha value is -1.51. The van der Waals surface area contributed by atoms with Gasteiger partial charge in [0.2, 0.25) is 0 Å². The molecule has 1 aliphatic heterocycles. The summed E-state index contributed by atoms with van der Waals surface area (Å²) < 4.78 is 37.3. The average Bonchev–Trinajstić information content (AvgIpc) is 2.30. The van der Waals surface area contributed by atoms with Crippen LogP contribution < -0.4 is 5.43 Å². The van der Waals surface area contributed by atoms with E-state index in [2.05, 4.69) is 5.43 Å². The number of hydrogen-bond donors (Lipinski definition) is 2. The smallest absolute Gasteiger partial charge is 0.406 e. The quantitative estimate of drug-likeness (QED) is 0.831. The van der Waals surface area contributed by atoms with E-state index in [0.29, 0.717) is 0 Å². The van der Waals surface area contributed by atoms with Crippen LogP contribution in [0.3, 0.4) is 0 Å². The van der Waals surface area contributed by atoms with Crippen molar-refractivity contribution >= 4 is 12.0 Å². The van der Waals surface area contributed by atoms with Crippen molar-refractivity contribution in [3.05, 3.63) is 0 Å². The van der Waals surface area contributed by atoms with E-state index in [0.717, 1.165) is 19.3 Å². The standard InChI is InChI=1S/C12H20F3N3O3/c1-8-4-3-5-9(2)18(8)16-11(21)17(6-10(19)20)7-12(13,14)15/h8-9H,3-7H2,1-2H3,(H,16,21)(H,19,20). The van der Waals surface area contributed by atoms with E-state index >= 15 is 0 Å². The van der Waals surface area contributed by atoms with Gasteiger partial charge in [0.05, 0.1) is 0 Å². The largest absolute Gasteiger partial charge is 0.480 e. The van der Waals surface area contributed by atoms with E-state index in [1.54, 1.807) is 5.01 Å². The van der Waals surface area contributed by atoms with Crippen molar-refractivity contribution in [2.24, 2.45) is 0 Å². The Bertz CT molecular complexity index is 380. The molecule has 0 aliphatic carbocycles. The summed E-state index contributed by atoms with van der Waals surface area (Å²) >= 11 is 0. The molecule has 6 nitrogen and oxygen atoms in total. The van der Waals surface area contributed by atoms with Gasteiger partial charge >= 0.3 is 18.2 Å². The van der Waals surface area contributed by atoms with Crippen LogP contribution in [0.25, 0.3) is 0 Å². The van der Waals surface area contributed by atoms with Crippen molar-refractivity contribution in [3.8, 4) is 0 Å². The number of amides is 2. The molecule has 2 unspecified atom stereocenters. The molecule has 1 aliphatic rings. The lowest BCUT2D eigenvalue weighted by Crippen LogP contribution is -2.58. The number of aliphatic carboxylic acids is 1. The molecule has 122 valence electrons.